The van der Waals surface area contributed by atoms with Gasteiger partial charge in [-0.1, -0.05) is 24.3 Å². The van der Waals surface area contributed by atoms with E-state index in [-0.39, 0.29) is 5.91 Å². The van der Waals surface area contributed by atoms with Crippen molar-refractivity contribution in [3.05, 3.63) is 47.2 Å². The smallest absolute Gasteiger partial charge is 0.224 e. The molecule has 2 N–H and O–H groups in total. The number of nitriles is 1. The number of nitrogens with one attached hydrogen (secondary N) is 2. The third-order valence-corrected chi connectivity index (χ3v) is 4.41. The van der Waals surface area contributed by atoms with Crippen molar-refractivity contribution in [2.24, 2.45) is 0 Å². The maximum Gasteiger partial charge on any atom is 0.224 e. The molecule has 0 aliphatic carbocycles. The molecule has 1 amide bonds. The summed E-state index contributed by atoms with van der Waals surface area (Å²) in [6.07, 6.45) is 3.99. The van der Waals surface area contributed by atoms with Crippen LogP contribution in [0.25, 0.3) is 0 Å². The lowest BCUT2D eigenvalue weighted by atomic mass is 10.1. The van der Waals surface area contributed by atoms with Gasteiger partial charge >= 0.3 is 0 Å². The van der Waals surface area contributed by atoms with Gasteiger partial charge in [-0.3, -0.25) is 4.79 Å². The first-order chi connectivity index (χ1) is 12.7. The molecule has 1 aromatic carbocycles. The summed E-state index contributed by atoms with van der Waals surface area (Å²) in [5, 5.41) is 15.0. The molecular formula is C19H22N6O. The zero-order valence-electron chi connectivity index (χ0n) is 14.8. The highest BCUT2D eigenvalue weighted by molar-refractivity contribution is 5.78. The standard InChI is InChI=1S/C19H22N6O/c1-21-18-16(11-20)12-23-19(24-18)22-9-8-14-4-6-15(7-5-14)13-25-10-2-3-17(25)26/h4-7,12H,2-3,8-10,13H2,1H3,(H2,21,22,23,24). The van der Waals surface area contributed by atoms with Crippen LogP contribution in [0.15, 0.2) is 30.5 Å². The molecule has 0 saturated carbocycles. The normalized spacial score (nSPS) is 13.5. The van der Waals surface area contributed by atoms with Crippen LogP contribution in [0.4, 0.5) is 11.8 Å². The van der Waals surface area contributed by atoms with E-state index in [0.717, 1.165) is 24.9 Å². The fourth-order valence-corrected chi connectivity index (χ4v) is 2.96. The second kappa shape index (κ2) is 8.30. The summed E-state index contributed by atoms with van der Waals surface area (Å²) in [6, 6.07) is 10.4. The van der Waals surface area contributed by atoms with E-state index in [9.17, 15) is 4.79 Å². The Morgan fingerprint density at radius 1 is 1.27 bits per heavy atom. The van der Waals surface area contributed by atoms with Crippen molar-refractivity contribution in [3.8, 4) is 6.07 Å². The van der Waals surface area contributed by atoms with E-state index in [4.69, 9.17) is 5.26 Å². The lowest BCUT2D eigenvalue weighted by Gasteiger charge is -2.15. The van der Waals surface area contributed by atoms with Crippen molar-refractivity contribution in [1.82, 2.24) is 14.9 Å². The maximum atomic E-state index is 11.7. The van der Waals surface area contributed by atoms with Crippen LogP contribution in [-0.4, -0.2) is 40.9 Å². The molecule has 0 atom stereocenters. The van der Waals surface area contributed by atoms with Gasteiger partial charge in [-0.2, -0.15) is 10.2 Å². The molecule has 1 aliphatic heterocycles. The van der Waals surface area contributed by atoms with Gasteiger partial charge in [0.1, 0.15) is 17.5 Å². The number of aromatic nitrogens is 2. The average molecular weight is 350 g/mol. The topological polar surface area (TPSA) is 93.9 Å². The summed E-state index contributed by atoms with van der Waals surface area (Å²) in [5.74, 6) is 1.27. The van der Waals surface area contributed by atoms with Crippen LogP contribution in [0.3, 0.4) is 0 Å². The molecular weight excluding hydrogens is 328 g/mol. The minimum absolute atomic E-state index is 0.252. The third-order valence-electron chi connectivity index (χ3n) is 4.41. The Hall–Kier alpha value is -3.14. The summed E-state index contributed by atoms with van der Waals surface area (Å²) < 4.78 is 0. The minimum atomic E-state index is 0.252. The van der Waals surface area contributed by atoms with E-state index in [2.05, 4.69) is 44.9 Å². The van der Waals surface area contributed by atoms with Crippen LogP contribution in [-0.2, 0) is 17.8 Å². The zero-order chi connectivity index (χ0) is 18.4. The Morgan fingerprint density at radius 3 is 2.69 bits per heavy atom. The molecule has 26 heavy (non-hydrogen) atoms. The lowest BCUT2D eigenvalue weighted by Crippen LogP contribution is -2.23. The molecule has 7 heteroatoms. The van der Waals surface area contributed by atoms with E-state index in [1.54, 1.807) is 7.05 Å². The van der Waals surface area contributed by atoms with Crippen molar-refractivity contribution < 1.29 is 4.79 Å². The number of anilines is 2. The molecule has 0 radical (unpaired) electrons. The van der Waals surface area contributed by atoms with Gasteiger partial charge in [0.2, 0.25) is 11.9 Å². The predicted octanol–water partition coefficient (Wildman–Crippen LogP) is 2.17. The van der Waals surface area contributed by atoms with E-state index < -0.39 is 0 Å². The van der Waals surface area contributed by atoms with Crippen LogP contribution < -0.4 is 10.6 Å². The van der Waals surface area contributed by atoms with Crippen molar-refractivity contribution in [2.45, 2.75) is 25.8 Å². The molecule has 2 aromatic rings. The van der Waals surface area contributed by atoms with E-state index >= 15 is 0 Å². The molecule has 1 aromatic heterocycles. The Labute approximate surface area is 153 Å². The number of hydrogen-bond donors (Lipinski definition) is 2. The Morgan fingerprint density at radius 2 is 2.04 bits per heavy atom. The highest BCUT2D eigenvalue weighted by Crippen LogP contribution is 2.15. The molecule has 0 unspecified atom stereocenters. The van der Waals surface area contributed by atoms with Gasteiger partial charge in [-0.15, -0.1) is 0 Å². The Balaban J connectivity index is 1.50. The number of carbonyl (C=O) groups excluding carboxylic acids is 1. The Bertz CT molecular complexity index is 812. The third kappa shape index (κ3) is 4.28. The van der Waals surface area contributed by atoms with Crippen LogP contribution in [0.2, 0.25) is 0 Å². The maximum absolute atomic E-state index is 11.7. The molecule has 2 heterocycles. The van der Waals surface area contributed by atoms with Gasteiger partial charge < -0.3 is 15.5 Å². The Kier molecular flexibility index (Phi) is 5.64. The molecule has 3 rings (SSSR count). The number of likely N-dealkylation sites (tertiary alicyclic amines) is 1. The summed E-state index contributed by atoms with van der Waals surface area (Å²) in [7, 11) is 1.73. The first-order valence-electron chi connectivity index (χ1n) is 8.74. The van der Waals surface area contributed by atoms with Crippen LogP contribution in [0.5, 0.6) is 0 Å². The van der Waals surface area contributed by atoms with Gasteiger partial charge in [0.15, 0.2) is 0 Å². The number of benzene rings is 1. The zero-order valence-corrected chi connectivity index (χ0v) is 14.8. The quantitative estimate of drug-likeness (QED) is 0.795. The average Bonchev–Trinajstić information content (AvgIpc) is 3.07. The van der Waals surface area contributed by atoms with Gasteiger partial charge in [0.25, 0.3) is 0 Å². The van der Waals surface area contributed by atoms with Crippen LogP contribution in [0.1, 0.15) is 29.5 Å². The minimum Gasteiger partial charge on any atom is -0.372 e. The summed E-state index contributed by atoms with van der Waals surface area (Å²) >= 11 is 0. The van der Waals surface area contributed by atoms with Crippen molar-refractivity contribution in [3.63, 3.8) is 0 Å². The van der Waals surface area contributed by atoms with Crippen LogP contribution >= 0.6 is 0 Å². The molecule has 134 valence electrons. The molecule has 7 nitrogen and oxygen atoms in total. The number of carbonyl (C=O) groups is 1. The van der Waals surface area contributed by atoms with Gasteiger partial charge in [-0.05, 0) is 24.0 Å². The number of nitrogens with zero attached hydrogens (tertiary/aromatic N) is 4. The largest absolute Gasteiger partial charge is 0.372 e. The summed E-state index contributed by atoms with van der Waals surface area (Å²) in [5.41, 5.74) is 2.78. The summed E-state index contributed by atoms with van der Waals surface area (Å²) in [4.78, 5) is 22.0. The van der Waals surface area contributed by atoms with E-state index in [0.29, 0.717) is 36.8 Å². The van der Waals surface area contributed by atoms with Gasteiger partial charge in [0, 0.05) is 33.1 Å². The SMILES string of the molecule is CNc1nc(NCCc2ccc(CN3CCCC3=O)cc2)ncc1C#N. The van der Waals surface area contributed by atoms with Gasteiger partial charge in [-0.25, -0.2) is 4.98 Å². The fraction of sp³-hybridized carbons (Fsp3) is 0.368. The number of rotatable bonds is 7. The van der Waals surface area contributed by atoms with E-state index in [1.807, 2.05) is 11.0 Å². The van der Waals surface area contributed by atoms with Crippen LogP contribution in [0, 0.1) is 11.3 Å². The second-order valence-electron chi connectivity index (χ2n) is 6.23. The molecule has 0 spiro atoms. The van der Waals surface area contributed by atoms with Crippen molar-refractivity contribution >= 4 is 17.7 Å². The highest BCUT2D eigenvalue weighted by Gasteiger charge is 2.19. The summed E-state index contributed by atoms with van der Waals surface area (Å²) in [6.45, 7) is 2.26. The molecule has 1 fully saturated rings. The fourth-order valence-electron chi connectivity index (χ4n) is 2.96. The number of hydrogen-bond acceptors (Lipinski definition) is 6. The molecule has 1 aliphatic rings. The lowest BCUT2D eigenvalue weighted by molar-refractivity contribution is -0.128. The monoisotopic (exact) mass is 350 g/mol. The number of amides is 1. The first kappa shape index (κ1) is 17.7. The molecule has 0 bridgehead atoms. The first-order valence-corrected chi connectivity index (χ1v) is 8.74. The molecule has 1 saturated heterocycles. The van der Waals surface area contributed by atoms with E-state index in [1.165, 1.54) is 11.8 Å². The van der Waals surface area contributed by atoms with Crippen molar-refractivity contribution in [2.75, 3.05) is 30.8 Å². The van der Waals surface area contributed by atoms with Crippen molar-refractivity contribution in [1.29, 1.82) is 5.26 Å². The highest BCUT2D eigenvalue weighted by atomic mass is 16.2. The second-order valence-corrected chi connectivity index (χ2v) is 6.23. The van der Waals surface area contributed by atoms with Gasteiger partial charge in [0.05, 0.1) is 6.20 Å². The predicted molar refractivity (Wildman–Crippen MR) is 99.6 cm³/mol.